The number of ether oxygens (including phenoxy) is 1. The Kier molecular flexibility index (Phi) is 8.35. The first-order chi connectivity index (χ1) is 12.7. The summed E-state index contributed by atoms with van der Waals surface area (Å²) in [6, 6.07) is 3.14. The van der Waals surface area contributed by atoms with Crippen molar-refractivity contribution in [3.8, 4) is 0 Å². The minimum atomic E-state index is -0.345. The molecule has 148 valence electrons. The first-order valence-corrected chi connectivity index (χ1v) is 8.75. The van der Waals surface area contributed by atoms with Crippen LogP contribution in [0.1, 0.15) is 30.7 Å². The second-order valence-electron chi connectivity index (χ2n) is 6.07. The number of methoxy groups -OCH3 is 1. The number of rotatable bonds is 6. The molecule has 0 aliphatic carbocycles. The number of halogens is 2. The lowest BCUT2D eigenvalue weighted by Crippen LogP contribution is -2.47. The fraction of sp³-hybridized carbons (Fsp3) is 0.529. The Morgan fingerprint density at radius 3 is 3.07 bits per heavy atom. The van der Waals surface area contributed by atoms with Crippen LogP contribution in [-0.2, 0) is 30.9 Å². The van der Waals surface area contributed by atoms with Gasteiger partial charge in [0.05, 0.1) is 18.8 Å². The Balaban J connectivity index is 0.00000261. The first-order valence-electron chi connectivity index (χ1n) is 8.75. The molecule has 2 aromatic heterocycles. The highest BCUT2D eigenvalue weighted by Crippen LogP contribution is 2.13. The molecule has 1 unspecified atom stereocenters. The van der Waals surface area contributed by atoms with E-state index in [4.69, 9.17) is 4.74 Å². The molecule has 1 aliphatic heterocycles. The molecule has 0 saturated carbocycles. The van der Waals surface area contributed by atoms with Crippen molar-refractivity contribution in [2.45, 2.75) is 45.5 Å². The Labute approximate surface area is 175 Å². The van der Waals surface area contributed by atoms with Crippen molar-refractivity contribution >= 4 is 29.9 Å². The van der Waals surface area contributed by atoms with E-state index < -0.39 is 0 Å². The van der Waals surface area contributed by atoms with Crippen molar-refractivity contribution < 1.29 is 9.13 Å². The standard InChI is InChI=1S/C17H24FN7O.HI/c1-3-19-17(21-9-14-13(18)5-4-8-20-14)22-12-6-7-16-23-15(11-26-2)24-25(16)10-12;/h4-5,8,12H,3,6-7,9-11H2,1-2H3,(H2,19,21,22);1H. The summed E-state index contributed by atoms with van der Waals surface area (Å²) in [5.41, 5.74) is 0.330. The molecular formula is C17H25FIN7O. The minimum Gasteiger partial charge on any atom is -0.377 e. The highest BCUT2D eigenvalue weighted by atomic mass is 127. The van der Waals surface area contributed by atoms with Crippen molar-refractivity contribution in [2.24, 2.45) is 4.99 Å². The topological polar surface area (TPSA) is 89.2 Å². The SMILES string of the molecule is CCNC(=NCc1ncccc1F)NC1CCc2nc(COC)nn2C1.I. The van der Waals surface area contributed by atoms with Gasteiger partial charge >= 0.3 is 0 Å². The molecule has 0 spiro atoms. The smallest absolute Gasteiger partial charge is 0.191 e. The van der Waals surface area contributed by atoms with Crippen LogP contribution in [0.5, 0.6) is 0 Å². The number of guanidine groups is 1. The third kappa shape index (κ3) is 5.83. The summed E-state index contributed by atoms with van der Waals surface area (Å²) in [7, 11) is 1.63. The van der Waals surface area contributed by atoms with Crippen LogP contribution >= 0.6 is 24.0 Å². The lowest BCUT2D eigenvalue weighted by molar-refractivity contribution is 0.177. The van der Waals surface area contributed by atoms with E-state index >= 15 is 0 Å². The predicted octanol–water partition coefficient (Wildman–Crippen LogP) is 1.65. The molecule has 3 heterocycles. The van der Waals surface area contributed by atoms with E-state index in [2.05, 4.69) is 30.7 Å². The monoisotopic (exact) mass is 489 g/mol. The van der Waals surface area contributed by atoms with Gasteiger partial charge in [0.15, 0.2) is 11.8 Å². The molecule has 27 heavy (non-hydrogen) atoms. The Bertz CT molecular complexity index is 767. The van der Waals surface area contributed by atoms with Crippen LogP contribution < -0.4 is 10.6 Å². The summed E-state index contributed by atoms with van der Waals surface area (Å²) >= 11 is 0. The van der Waals surface area contributed by atoms with Gasteiger partial charge in [-0.25, -0.2) is 19.0 Å². The van der Waals surface area contributed by atoms with Crippen LogP contribution in [0, 0.1) is 5.82 Å². The summed E-state index contributed by atoms with van der Waals surface area (Å²) in [5.74, 6) is 1.98. The average molecular weight is 489 g/mol. The number of hydrogen-bond acceptors (Lipinski definition) is 5. The van der Waals surface area contributed by atoms with Crippen molar-refractivity contribution in [1.29, 1.82) is 0 Å². The summed E-state index contributed by atoms with van der Waals surface area (Å²) in [6.45, 7) is 4.01. The molecule has 0 bridgehead atoms. The maximum atomic E-state index is 13.7. The summed E-state index contributed by atoms with van der Waals surface area (Å²) < 4.78 is 20.7. The molecule has 0 saturated heterocycles. The molecule has 0 amide bonds. The van der Waals surface area contributed by atoms with Crippen molar-refractivity contribution in [1.82, 2.24) is 30.4 Å². The van der Waals surface area contributed by atoms with Crippen LogP contribution in [0.15, 0.2) is 23.3 Å². The summed E-state index contributed by atoms with van der Waals surface area (Å²) in [5, 5.41) is 11.1. The van der Waals surface area contributed by atoms with E-state index in [0.717, 1.165) is 25.2 Å². The number of pyridine rings is 1. The molecule has 1 aliphatic rings. The number of aryl methyl sites for hydroxylation is 1. The highest BCUT2D eigenvalue weighted by molar-refractivity contribution is 14.0. The molecule has 8 nitrogen and oxygen atoms in total. The highest BCUT2D eigenvalue weighted by Gasteiger charge is 2.22. The average Bonchev–Trinajstić information content (AvgIpc) is 3.03. The number of fused-ring (bicyclic) bond motifs is 1. The maximum absolute atomic E-state index is 13.7. The van der Waals surface area contributed by atoms with Gasteiger partial charge in [0.25, 0.3) is 0 Å². The van der Waals surface area contributed by atoms with E-state index in [9.17, 15) is 4.39 Å². The van der Waals surface area contributed by atoms with Gasteiger partial charge in [-0.3, -0.25) is 4.98 Å². The fourth-order valence-corrected chi connectivity index (χ4v) is 2.87. The Morgan fingerprint density at radius 2 is 2.33 bits per heavy atom. The zero-order chi connectivity index (χ0) is 18.4. The molecule has 10 heteroatoms. The van der Waals surface area contributed by atoms with Crippen LogP contribution in [0.3, 0.4) is 0 Å². The van der Waals surface area contributed by atoms with Gasteiger partial charge in [0.2, 0.25) is 0 Å². The Morgan fingerprint density at radius 1 is 1.48 bits per heavy atom. The number of nitrogens with zero attached hydrogens (tertiary/aromatic N) is 5. The van der Waals surface area contributed by atoms with Crippen molar-refractivity contribution in [3.63, 3.8) is 0 Å². The zero-order valence-corrected chi connectivity index (χ0v) is 17.8. The number of aliphatic imine (C=N–C) groups is 1. The molecule has 3 rings (SSSR count). The molecule has 0 fully saturated rings. The number of aromatic nitrogens is 4. The van der Waals surface area contributed by atoms with Gasteiger partial charge in [0.1, 0.15) is 18.2 Å². The molecule has 1 atom stereocenters. The molecule has 2 aromatic rings. The molecular weight excluding hydrogens is 464 g/mol. The molecule has 0 radical (unpaired) electrons. The summed E-state index contributed by atoms with van der Waals surface area (Å²) in [6.07, 6.45) is 3.33. The molecule has 2 N–H and O–H groups in total. The van der Waals surface area contributed by atoms with E-state index in [1.165, 1.54) is 6.07 Å². The van der Waals surface area contributed by atoms with Gasteiger partial charge < -0.3 is 15.4 Å². The quantitative estimate of drug-likeness (QED) is 0.365. The third-order valence-electron chi connectivity index (χ3n) is 4.08. The normalized spacial score (nSPS) is 16.4. The lowest BCUT2D eigenvalue weighted by atomic mass is 10.1. The van der Waals surface area contributed by atoms with E-state index in [0.29, 0.717) is 30.6 Å². The third-order valence-corrected chi connectivity index (χ3v) is 4.08. The zero-order valence-electron chi connectivity index (χ0n) is 15.5. The fourth-order valence-electron chi connectivity index (χ4n) is 2.87. The van der Waals surface area contributed by atoms with E-state index in [1.807, 2.05) is 11.6 Å². The van der Waals surface area contributed by atoms with E-state index in [1.54, 1.807) is 19.4 Å². The predicted molar refractivity (Wildman–Crippen MR) is 110 cm³/mol. The van der Waals surface area contributed by atoms with Crippen molar-refractivity contribution in [2.75, 3.05) is 13.7 Å². The lowest BCUT2D eigenvalue weighted by Gasteiger charge is -2.25. The van der Waals surface area contributed by atoms with Crippen LogP contribution in [0.4, 0.5) is 4.39 Å². The minimum absolute atomic E-state index is 0. The van der Waals surface area contributed by atoms with Crippen LogP contribution in [-0.4, -0.2) is 45.4 Å². The second-order valence-corrected chi connectivity index (χ2v) is 6.07. The Hall–Kier alpha value is -1.82. The number of hydrogen-bond donors (Lipinski definition) is 2. The van der Waals surface area contributed by atoms with Crippen LogP contribution in [0.25, 0.3) is 0 Å². The second kappa shape index (κ2) is 10.5. The van der Waals surface area contributed by atoms with Crippen molar-refractivity contribution in [3.05, 3.63) is 41.5 Å². The van der Waals surface area contributed by atoms with Gasteiger partial charge in [-0.05, 0) is 25.5 Å². The van der Waals surface area contributed by atoms with E-state index in [-0.39, 0.29) is 42.4 Å². The van der Waals surface area contributed by atoms with Gasteiger partial charge in [0, 0.05) is 32.3 Å². The van der Waals surface area contributed by atoms with Gasteiger partial charge in [-0.15, -0.1) is 24.0 Å². The van der Waals surface area contributed by atoms with Crippen LogP contribution in [0.2, 0.25) is 0 Å². The largest absolute Gasteiger partial charge is 0.377 e. The molecule has 0 aromatic carbocycles. The number of nitrogens with one attached hydrogen (secondary N) is 2. The van der Waals surface area contributed by atoms with Gasteiger partial charge in [-0.1, -0.05) is 0 Å². The maximum Gasteiger partial charge on any atom is 0.191 e. The van der Waals surface area contributed by atoms with Gasteiger partial charge in [-0.2, -0.15) is 5.10 Å². The first kappa shape index (κ1) is 21.5. The summed E-state index contributed by atoms with van der Waals surface area (Å²) in [4.78, 5) is 13.0.